The standard InChI is InChI=1S/C19H20FN3O3/c1-23(11-13-7-8-17(25-3)16(20)9-13)12-18-21-19(22-26-18)14-5-4-6-15(10-14)24-2/h4-10H,11-12H2,1-3H3. The van der Waals surface area contributed by atoms with Gasteiger partial charge < -0.3 is 14.0 Å². The van der Waals surface area contributed by atoms with Gasteiger partial charge in [-0.1, -0.05) is 23.4 Å². The third-order valence-electron chi connectivity index (χ3n) is 3.87. The van der Waals surface area contributed by atoms with Gasteiger partial charge in [0, 0.05) is 12.1 Å². The maximum absolute atomic E-state index is 13.8. The van der Waals surface area contributed by atoms with Crippen LogP contribution in [0.25, 0.3) is 11.4 Å². The first kappa shape index (κ1) is 17.9. The van der Waals surface area contributed by atoms with Crippen LogP contribution >= 0.6 is 0 Å². The third-order valence-corrected chi connectivity index (χ3v) is 3.87. The Labute approximate surface area is 151 Å². The number of hydrogen-bond donors (Lipinski definition) is 0. The Hall–Kier alpha value is -2.93. The van der Waals surface area contributed by atoms with E-state index in [0.717, 1.165) is 16.9 Å². The fourth-order valence-electron chi connectivity index (χ4n) is 2.61. The molecule has 26 heavy (non-hydrogen) atoms. The highest BCUT2D eigenvalue weighted by atomic mass is 19.1. The maximum Gasteiger partial charge on any atom is 0.241 e. The molecule has 0 unspecified atom stereocenters. The minimum Gasteiger partial charge on any atom is -0.497 e. The van der Waals surface area contributed by atoms with Crippen LogP contribution in [0.2, 0.25) is 0 Å². The summed E-state index contributed by atoms with van der Waals surface area (Å²) in [6, 6.07) is 12.4. The summed E-state index contributed by atoms with van der Waals surface area (Å²) in [5.41, 5.74) is 1.65. The Morgan fingerprint density at radius 1 is 1.08 bits per heavy atom. The number of nitrogens with zero attached hydrogens (tertiary/aromatic N) is 3. The Morgan fingerprint density at radius 2 is 1.92 bits per heavy atom. The monoisotopic (exact) mass is 357 g/mol. The molecule has 0 amide bonds. The molecule has 0 N–H and O–H groups in total. The van der Waals surface area contributed by atoms with Crippen LogP contribution in [-0.2, 0) is 13.1 Å². The maximum atomic E-state index is 13.8. The molecule has 0 saturated carbocycles. The van der Waals surface area contributed by atoms with Crippen molar-refractivity contribution >= 4 is 0 Å². The molecule has 0 fully saturated rings. The number of ether oxygens (including phenoxy) is 2. The molecule has 3 aromatic rings. The van der Waals surface area contributed by atoms with Crippen LogP contribution in [0.15, 0.2) is 47.0 Å². The zero-order valence-corrected chi connectivity index (χ0v) is 14.9. The third kappa shape index (κ3) is 4.18. The smallest absolute Gasteiger partial charge is 0.241 e. The molecule has 6 nitrogen and oxygen atoms in total. The molecule has 3 rings (SSSR count). The Bertz CT molecular complexity index is 882. The van der Waals surface area contributed by atoms with Crippen molar-refractivity contribution in [3.63, 3.8) is 0 Å². The van der Waals surface area contributed by atoms with Gasteiger partial charge in [-0.15, -0.1) is 0 Å². The van der Waals surface area contributed by atoms with E-state index in [1.807, 2.05) is 42.3 Å². The molecule has 1 heterocycles. The van der Waals surface area contributed by atoms with Crippen LogP contribution in [0.5, 0.6) is 11.5 Å². The number of benzene rings is 2. The summed E-state index contributed by atoms with van der Waals surface area (Å²) < 4.78 is 29.2. The highest BCUT2D eigenvalue weighted by Gasteiger charge is 2.12. The number of methoxy groups -OCH3 is 2. The average molecular weight is 357 g/mol. The summed E-state index contributed by atoms with van der Waals surface area (Å²) in [5.74, 6) is 1.57. The van der Waals surface area contributed by atoms with E-state index in [4.69, 9.17) is 14.0 Å². The molecular formula is C19H20FN3O3. The molecule has 0 saturated heterocycles. The second-order valence-corrected chi connectivity index (χ2v) is 5.88. The van der Waals surface area contributed by atoms with Gasteiger partial charge in [0.05, 0.1) is 20.8 Å². The topological polar surface area (TPSA) is 60.6 Å². The molecule has 0 aliphatic heterocycles. The minimum atomic E-state index is -0.378. The Kier molecular flexibility index (Phi) is 5.48. The summed E-state index contributed by atoms with van der Waals surface area (Å²) in [6.45, 7) is 0.988. The van der Waals surface area contributed by atoms with E-state index in [1.165, 1.54) is 13.2 Å². The lowest BCUT2D eigenvalue weighted by Gasteiger charge is -2.14. The first-order valence-electron chi connectivity index (χ1n) is 8.07. The van der Waals surface area contributed by atoms with Gasteiger partial charge in [-0.3, -0.25) is 4.90 Å². The number of halogens is 1. The molecule has 2 aromatic carbocycles. The SMILES string of the molecule is COc1cccc(-c2noc(CN(C)Cc3ccc(OC)c(F)c3)n2)c1. The van der Waals surface area contributed by atoms with Crippen LogP contribution in [-0.4, -0.2) is 36.3 Å². The molecule has 136 valence electrons. The zero-order valence-electron chi connectivity index (χ0n) is 14.9. The van der Waals surface area contributed by atoms with E-state index in [9.17, 15) is 4.39 Å². The molecule has 0 bridgehead atoms. The Morgan fingerprint density at radius 3 is 2.65 bits per heavy atom. The highest BCUT2D eigenvalue weighted by molar-refractivity contribution is 5.56. The van der Waals surface area contributed by atoms with Crippen LogP contribution in [0.4, 0.5) is 4.39 Å². The van der Waals surface area contributed by atoms with Gasteiger partial charge in [-0.05, 0) is 36.9 Å². The van der Waals surface area contributed by atoms with Crippen molar-refractivity contribution < 1.29 is 18.4 Å². The first-order chi connectivity index (χ1) is 12.6. The van der Waals surface area contributed by atoms with Crippen molar-refractivity contribution in [1.82, 2.24) is 15.0 Å². The van der Waals surface area contributed by atoms with E-state index >= 15 is 0 Å². The highest BCUT2D eigenvalue weighted by Crippen LogP contribution is 2.22. The average Bonchev–Trinajstić information content (AvgIpc) is 3.10. The van der Waals surface area contributed by atoms with Crippen molar-refractivity contribution in [2.24, 2.45) is 0 Å². The van der Waals surface area contributed by atoms with Gasteiger partial charge in [-0.25, -0.2) is 4.39 Å². The second kappa shape index (κ2) is 7.97. The van der Waals surface area contributed by atoms with Crippen molar-refractivity contribution in [2.45, 2.75) is 13.1 Å². The second-order valence-electron chi connectivity index (χ2n) is 5.88. The first-order valence-corrected chi connectivity index (χ1v) is 8.07. The largest absolute Gasteiger partial charge is 0.497 e. The van der Waals surface area contributed by atoms with Gasteiger partial charge >= 0.3 is 0 Å². The Balaban J connectivity index is 1.65. The molecule has 0 radical (unpaired) electrons. The predicted octanol–water partition coefficient (Wildman–Crippen LogP) is 3.52. The quantitative estimate of drug-likeness (QED) is 0.645. The lowest BCUT2D eigenvalue weighted by atomic mass is 10.2. The van der Waals surface area contributed by atoms with Crippen LogP contribution < -0.4 is 9.47 Å². The molecular weight excluding hydrogens is 337 g/mol. The molecule has 0 aliphatic carbocycles. The molecule has 1 aromatic heterocycles. The minimum absolute atomic E-state index is 0.233. The lowest BCUT2D eigenvalue weighted by molar-refractivity contribution is 0.260. The summed E-state index contributed by atoms with van der Waals surface area (Å²) in [7, 11) is 4.95. The van der Waals surface area contributed by atoms with Gasteiger partial charge in [0.1, 0.15) is 5.75 Å². The normalized spacial score (nSPS) is 11.0. The van der Waals surface area contributed by atoms with Gasteiger partial charge in [-0.2, -0.15) is 4.98 Å². The van der Waals surface area contributed by atoms with Crippen molar-refractivity contribution in [3.05, 3.63) is 59.7 Å². The van der Waals surface area contributed by atoms with Gasteiger partial charge in [0.2, 0.25) is 11.7 Å². The van der Waals surface area contributed by atoms with Crippen LogP contribution in [0.1, 0.15) is 11.5 Å². The molecule has 0 atom stereocenters. The predicted molar refractivity (Wildman–Crippen MR) is 94.4 cm³/mol. The molecule has 7 heteroatoms. The van der Waals surface area contributed by atoms with E-state index in [1.54, 1.807) is 13.2 Å². The lowest BCUT2D eigenvalue weighted by Crippen LogP contribution is -2.17. The van der Waals surface area contributed by atoms with E-state index in [2.05, 4.69) is 10.1 Å². The van der Waals surface area contributed by atoms with E-state index in [0.29, 0.717) is 24.8 Å². The zero-order chi connectivity index (χ0) is 18.5. The van der Waals surface area contributed by atoms with Crippen molar-refractivity contribution in [1.29, 1.82) is 0 Å². The van der Waals surface area contributed by atoms with Crippen LogP contribution in [0, 0.1) is 5.82 Å². The summed E-state index contributed by atoms with van der Waals surface area (Å²) >= 11 is 0. The van der Waals surface area contributed by atoms with Gasteiger partial charge in [0.25, 0.3) is 0 Å². The number of aromatic nitrogens is 2. The van der Waals surface area contributed by atoms with Crippen molar-refractivity contribution in [3.8, 4) is 22.9 Å². The summed E-state index contributed by atoms with van der Waals surface area (Å²) in [5, 5.41) is 4.01. The number of hydrogen-bond acceptors (Lipinski definition) is 6. The fraction of sp³-hybridized carbons (Fsp3) is 0.263. The van der Waals surface area contributed by atoms with Crippen LogP contribution in [0.3, 0.4) is 0 Å². The van der Waals surface area contributed by atoms with E-state index < -0.39 is 0 Å². The van der Waals surface area contributed by atoms with Gasteiger partial charge in [0.15, 0.2) is 11.6 Å². The molecule has 0 aliphatic rings. The van der Waals surface area contributed by atoms with E-state index in [-0.39, 0.29) is 11.6 Å². The van der Waals surface area contributed by atoms with Crippen molar-refractivity contribution in [2.75, 3.05) is 21.3 Å². The summed E-state index contributed by atoms with van der Waals surface area (Å²) in [4.78, 5) is 6.38. The summed E-state index contributed by atoms with van der Waals surface area (Å²) in [6.07, 6.45) is 0. The number of rotatable bonds is 7. The fourth-order valence-corrected chi connectivity index (χ4v) is 2.61. The molecule has 0 spiro atoms.